The molecule has 2 heterocycles. The first-order valence-electron chi connectivity index (χ1n) is 21.8. The summed E-state index contributed by atoms with van der Waals surface area (Å²) >= 11 is 1.00. The molecule has 0 aromatic heterocycles. The van der Waals surface area contributed by atoms with Gasteiger partial charge in [0.05, 0.1) is 27.8 Å². The quantitative estimate of drug-likeness (QED) is 0.0224. The molecule has 0 saturated heterocycles. The topological polar surface area (TPSA) is 135 Å². The number of carbonyl (C=O) groups is 1. The Balaban J connectivity index is 1.33. The van der Waals surface area contributed by atoms with E-state index < -0.39 is 27.4 Å². The van der Waals surface area contributed by atoms with E-state index in [0.717, 1.165) is 82.2 Å². The van der Waals surface area contributed by atoms with Crippen molar-refractivity contribution in [3.05, 3.63) is 173 Å². The number of carbonyl (C=O) groups excluding carboxylic acids is 1. The number of fused-ring (bicyclic) bond motifs is 2. The standard InChI is InChI=1S/C51H57N3O8S2/c1-50(2)42-23-11-13-25-44(42)52(33-15-17-35-63-62-61-56)46(50)31-29-39-27-28-40(48(39)54(37-38-19-7-5-8-20-38)49(55)60-41-21-9-6-10-22-41)30-32-47-51(3,4)43-24-12-14-26-45(43)53(47)34-16-18-36-64(57,58)59/h5-14,19-26,29-32H,15-18,27-28,33-37H2,1-4H3,(H-,56,57,58,59)/p-1. The van der Waals surface area contributed by atoms with Gasteiger partial charge < -0.3 is 19.4 Å². The highest BCUT2D eigenvalue weighted by Gasteiger charge is 2.44. The van der Waals surface area contributed by atoms with Gasteiger partial charge in [-0.25, -0.2) is 13.2 Å². The molecule has 7 rings (SSSR count). The summed E-state index contributed by atoms with van der Waals surface area (Å²) < 4.78 is 47.3. The zero-order valence-electron chi connectivity index (χ0n) is 36.9. The lowest BCUT2D eigenvalue weighted by Gasteiger charge is -2.28. The van der Waals surface area contributed by atoms with Gasteiger partial charge in [0.1, 0.15) is 12.3 Å². The fourth-order valence-corrected chi connectivity index (χ4v) is 10.2. The number of anilines is 1. The van der Waals surface area contributed by atoms with Crippen LogP contribution in [0.25, 0.3) is 0 Å². The van der Waals surface area contributed by atoms with Gasteiger partial charge in [-0.15, -0.1) is 0 Å². The van der Waals surface area contributed by atoms with Crippen molar-refractivity contribution in [3.8, 4) is 5.75 Å². The van der Waals surface area contributed by atoms with Crippen molar-refractivity contribution in [1.82, 2.24) is 4.90 Å². The number of rotatable bonds is 19. The Hall–Kier alpha value is -5.28. The van der Waals surface area contributed by atoms with Crippen LogP contribution in [0.3, 0.4) is 0 Å². The van der Waals surface area contributed by atoms with Gasteiger partial charge in [-0.3, -0.25) is 9.94 Å². The first-order valence-corrected chi connectivity index (χ1v) is 24.3. The first kappa shape index (κ1) is 46.7. The Bertz CT molecular complexity index is 2570. The molecule has 2 aliphatic heterocycles. The lowest BCUT2D eigenvalue weighted by atomic mass is 9.81. The summed E-state index contributed by atoms with van der Waals surface area (Å²) in [7, 11) is -4.32. The minimum Gasteiger partial charge on any atom is -0.748 e. The van der Waals surface area contributed by atoms with E-state index in [9.17, 15) is 23.0 Å². The van der Waals surface area contributed by atoms with E-state index in [2.05, 4.69) is 107 Å². The summed E-state index contributed by atoms with van der Waals surface area (Å²) in [5.41, 5.74) is 9.79. The molecule has 4 aromatic carbocycles. The first-order chi connectivity index (χ1) is 30.8. The van der Waals surface area contributed by atoms with Gasteiger partial charge in [0, 0.05) is 71.0 Å². The second kappa shape index (κ2) is 20.7. The maximum Gasteiger partial charge on any atom is 0.420 e. The molecule has 0 fully saturated rings. The molecule has 0 atom stereocenters. The van der Waals surface area contributed by atoms with Crippen LogP contribution in [0.1, 0.15) is 82.9 Å². The molecule has 0 saturated carbocycles. The number of benzene rings is 4. The van der Waals surface area contributed by atoms with Gasteiger partial charge in [0.25, 0.3) is 0 Å². The fourth-order valence-electron chi connectivity index (χ4n) is 9.19. The van der Waals surface area contributed by atoms with Crippen molar-refractivity contribution < 1.29 is 41.7 Å². The van der Waals surface area contributed by atoms with Gasteiger partial charge >= 0.3 is 6.09 Å². The summed E-state index contributed by atoms with van der Waals surface area (Å²) in [4.78, 5) is 18.8. The molecule has 4 aromatic rings. The number of amides is 1. The third kappa shape index (κ3) is 10.8. The van der Waals surface area contributed by atoms with Crippen molar-refractivity contribution in [2.24, 2.45) is 0 Å². The number of hydrogen-bond donors (Lipinski definition) is 0. The van der Waals surface area contributed by atoms with Crippen molar-refractivity contribution in [2.45, 2.75) is 83.6 Å². The van der Waals surface area contributed by atoms with Crippen LogP contribution in [-0.4, -0.2) is 58.8 Å². The van der Waals surface area contributed by atoms with E-state index in [1.807, 2.05) is 60.7 Å². The normalized spacial score (nSPS) is 17.8. The minimum atomic E-state index is -4.32. The Kier molecular flexibility index (Phi) is 15.1. The number of hydrogen-bond acceptors (Lipinski definition) is 10. The molecular weight excluding hydrogens is 847 g/mol. The van der Waals surface area contributed by atoms with E-state index in [1.165, 1.54) is 5.56 Å². The van der Waals surface area contributed by atoms with Crippen LogP contribution in [0, 0.1) is 0 Å². The lowest BCUT2D eigenvalue weighted by Crippen LogP contribution is -2.33. The average Bonchev–Trinajstić information content (AvgIpc) is 3.85. The molecule has 0 radical (unpaired) electrons. The average molecular weight is 903 g/mol. The molecule has 336 valence electrons. The largest absolute Gasteiger partial charge is 0.748 e. The molecule has 13 heteroatoms. The smallest absolute Gasteiger partial charge is 0.420 e. The van der Waals surface area contributed by atoms with Crippen molar-refractivity contribution in [3.63, 3.8) is 0 Å². The van der Waals surface area contributed by atoms with Crippen LogP contribution in [0.4, 0.5) is 16.2 Å². The monoisotopic (exact) mass is 902 g/mol. The zero-order chi connectivity index (χ0) is 45.3. The van der Waals surface area contributed by atoms with Crippen LogP contribution in [0.15, 0.2) is 156 Å². The zero-order valence-corrected chi connectivity index (χ0v) is 38.5. The molecule has 11 nitrogen and oxygen atoms in total. The number of unbranched alkanes of at least 4 members (excludes halogenated alkanes) is 2. The third-order valence-electron chi connectivity index (χ3n) is 12.3. The van der Waals surface area contributed by atoms with Gasteiger partial charge in [0.15, 0.2) is 5.71 Å². The van der Waals surface area contributed by atoms with Crippen LogP contribution in [0.5, 0.6) is 5.75 Å². The van der Waals surface area contributed by atoms with E-state index >= 15 is 0 Å². The third-order valence-corrected chi connectivity index (χ3v) is 13.7. The van der Waals surface area contributed by atoms with Gasteiger partial charge in [0.2, 0.25) is 5.69 Å². The van der Waals surface area contributed by atoms with Gasteiger partial charge in [-0.1, -0.05) is 111 Å². The van der Waals surface area contributed by atoms with Crippen molar-refractivity contribution in [1.29, 1.82) is 0 Å². The second-order valence-corrected chi connectivity index (χ2v) is 19.6. The molecule has 0 N–H and O–H groups in total. The van der Waals surface area contributed by atoms with E-state index in [4.69, 9.17) is 4.74 Å². The van der Waals surface area contributed by atoms with Gasteiger partial charge in [-0.2, -0.15) is 8.91 Å². The highest BCUT2D eigenvalue weighted by atomic mass is 32.2. The summed E-state index contributed by atoms with van der Waals surface area (Å²) in [6, 6.07) is 35.8. The Labute approximate surface area is 381 Å². The van der Waals surface area contributed by atoms with Crippen LogP contribution in [0.2, 0.25) is 0 Å². The summed E-state index contributed by atoms with van der Waals surface area (Å²) in [6.07, 6.45) is 12.0. The molecule has 0 bridgehead atoms. The Morgan fingerprint density at radius 3 is 2.23 bits per heavy atom. The van der Waals surface area contributed by atoms with Crippen LogP contribution < -0.4 is 14.9 Å². The Morgan fingerprint density at radius 1 is 0.812 bits per heavy atom. The van der Waals surface area contributed by atoms with Crippen LogP contribution in [-0.2, 0) is 36.9 Å². The summed E-state index contributed by atoms with van der Waals surface area (Å²) in [5.74, 6) is 0.669. The molecule has 3 aliphatic rings. The number of nitrogens with zero attached hydrogens (tertiary/aromatic N) is 3. The van der Waals surface area contributed by atoms with Crippen molar-refractivity contribution in [2.75, 3.05) is 29.5 Å². The summed E-state index contributed by atoms with van der Waals surface area (Å²) in [5, 5.41) is 13.8. The van der Waals surface area contributed by atoms with E-state index in [-0.39, 0.29) is 18.4 Å². The number of para-hydroxylation sites is 3. The predicted octanol–water partition coefficient (Wildman–Crippen LogP) is 9.95. The summed E-state index contributed by atoms with van der Waals surface area (Å²) in [6.45, 7) is 10.4. The van der Waals surface area contributed by atoms with E-state index in [0.29, 0.717) is 37.3 Å². The molecule has 1 amide bonds. The molecule has 0 spiro atoms. The van der Waals surface area contributed by atoms with E-state index in [1.54, 1.807) is 17.0 Å². The Morgan fingerprint density at radius 2 is 1.50 bits per heavy atom. The minimum absolute atomic E-state index is 0.268. The fraction of sp³-hybridized carbons (Fsp3) is 0.333. The second-order valence-electron chi connectivity index (χ2n) is 17.3. The maximum absolute atomic E-state index is 14.6. The van der Waals surface area contributed by atoms with Crippen LogP contribution >= 0.6 is 12.0 Å². The number of allylic oxidation sites excluding steroid dienone is 7. The number of ether oxygens (including phenoxy) is 1. The maximum atomic E-state index is 14.6. The molecule has 1 aliphatic carbocycles. The van der Waals surface area contributed by atoms with Crippen molar-refractivity contribution >= 4 is 45.3 Å². The highest BCUT2D eigenvalue weighted by molar-refractivity contribution is 7.94. The predicted molar refractivity (Wildman–Crippen MR) is 250 cm³/mol. The molecular formula is C51H56N3O8S2-. The van der Waals surface area contributed by atoms with Gasteiger partial charge in [-0.05, 0) is 92.5 Å². The molecule has 0 unspecified atom stereocenters. The lowest BCUT2D eigenvalue weighted by molar-refractivity contribution is -0.777. The SMILES string of the molecule is CC1(C)C(/C=C/C2=C(N(Cc3ccccc3)C(=O)Oc3ccccc3)C(=C/C=C3/N(CCCCSOO[O-])c4ccccc4C3(C)C)/CC2)=[N+](CCCCS(=O)(=O)[O-])c2ccccc21. The molecule has 64 heavy (non-hydrogen) atoms. The highest BCUT2D eigenvalue weighted by Crippen LogP contribution is 2.48.